The van der Waals surface area contributed by atoms with Crippen LogP contribution in [0.25, 0.3) is 10.9 Å². The topological polar surface area (TPSA) is 63.4 Å². The van der Waals surface area contributed by atoms with Crippen LogP contribution >= 0.6 is 0 Å². The van der Waals surface area contributed by atoms with E-state index < -0.39 is 0 Å². The molecular weight excluding hydrogens is 304 g/mol. The van der Waals surface area contributed by atoms with E-state index >= 15 is 0 Å². The van der Waals surface area contributed by atoms with Crippen molar-refractivity contribution >= 4 is 22.5 Å². The molecule has 1 aromatic heterocycles. The van der Waals surface area contributed by atoms with E-state index in [4.69, 9.17) is 9.47 Å². The minimum absolute atomic E-state index is 0.181. The number of anilines is 1. The quantitative estimate of drug-likeness (QED) is 0.754. The first-order valence-corrected chi connectivity index (χ1v) is 7.91. The summed E-state index contributed by atoms with van der Waals surface area (Å²) in [6.45, 7) is 5.16. The smallest absolute Gasteiger partial charge is 0.272 e. The Bertz CT molecular complexity index is 943. The highest BCUT2D eigenvalue weighted by molar-refractivity contribution is 6.06. The van der Waals surface area contributed by atoms with Crippen LogP contribution in [0.3, 0.4) is 0 Å². The fourth-order valence-electron chi connectivity index (χ4n) is 3.04. The lowest BCUT2D eigenvalue weighted by Gasteiger charge is -2.18. The molecule has 1 amide bonds. The molecule has 24 heavy (non-hydrogen) atoms. The Morgan fingerprint density at radius 3 is 2.67 bits per heavy atom. The van der Waals surface area contributed by atoms with E-state index in [-0.39, 0.29) is 5.91 Å². The van der Waals surface area contributed by atoms with Gasteiger partial charge < -0.3 is 19.8 Å². The van der Waals surface area contributed by atoms with E-state index in [0.29, 0.717) is 36.1 Å². The lowest BCUT2D eigenvalue weighted by Crippen LogP contribution is -2.16. The maximum Gasteiger partial charge on any atom is 0.272 e. The molecule has 1 aliphatic heterocycles. The number of benzene rings is 2. The van der Waals surface area contributed by atoms with Gasteiger partial charge in [0, 0.05) is 22.7 Å². The summed E-state index contributed by atoms with van der Waals surface area (Å²) in [4.78, 5) is 15.7. The van der Waals surface area contributed by atoms with Crippen molar-refractivity contribution in [2.24, 2.45) is 0 Å². The largest absolute Gasteiger partial charge is 0.486 e. The molecule has 0 saturated heterocycles. The minimum Gasteiger partial charge on any atom is -0.486 e. The molecule has 0 saturated carbocycles. The van der Waals surface area contributed by atoms with Gasteiger partial charge in [-0.15, -0.1) is 0 Å². The lowest BCUT2D eigenvalue weighted by molar-refractivity contribution is 0.102. The van der Waals surface area contributed by atoms with Gasteiger partial charge in [-0.3, -0.25) is 4.79 Å². The van der Waals surface area contributed by atoms with E-state index in [2.05, 4.69) is 16.4 Å². The van der Waals surface area contributed by atoms with Crippen LogP contribution in [0.15, 0.2) is 36.4 Å². The standard InChI is InChI=1S/C19H18N2O3/c1-11-7-12(2)14-10-16(21-15(14)8-11)19(22)20-13-3-4-17-18(9-13)24-6-5-23-17/h3-4,7-10,21H,5-6H2,1-2H3,(H,20,22). The third kappa shape index (κ3) is 2.58. The van der Waals surface area contributed by atoms with Gasteiger partial charge in [-0.1, -0.05) is 6.07 Å². The average Bonchev–Trinajstić information content (AvgIpc) is 2.99. The summed E-state index contributed by atoms with van der Waals surface area (Å²) in [5.74, 6) is 1.18. The van der Waals surface area contributed by atoms with E-state index in [1.54, 1.807) is 6.07 Å². The molecule has 5 heteroatoms. The number of amides is 1. The molecule has 0 radical (unpaired) electrons. The van der Waals surface area contributed by atoms with Crippen molar-refractivity contribution in [3.05, 3.63) is 53.2 Å². The predicted molar refractivity (Wildman–Crippen MR) is 93.2 cm³/mol. The second kappa shape index (κ2) is 5.60. The Balaban J connectivity index is 1.61. The molecular formula is C19H18N2O3. The van der Waals surface area contributed by atoms with Crippen molar-refractivity contribution < 1.29 is 14.3 Å². The SMILES string of the molecule is Cc1cc(C)c2cc(C(=O)Nc3ccc4c(c3)OCCO4)[nH]c2c1. The third-order valence-electron chi connectivity index (χ3n) is 4.13. The van der Waals surface area contributed by atoms with Crippen molar-refractivity contribution in [3.63, 3.8) is 0 Å². The first-order chi connectivity index (χ1) is 11.6. The van der Waals surface area contributed by atoms with Gasteiger partial charge >= 0.3 is 0 Å². The van der Waals surface area contributed by atoms with Gasteiger partial charge in [-0.2, -0.15) is 0 Å². The number of carbonyl (C=O) groups is 1. The zero-order valence-corrected chi connectivity index (χ0v) is 13.6. The Morgan fingerprint density at radius 1 is 1.04 bits per heavy atom. The summed E-state index contributed by atoms with van der Waals surface area (Å²) in [7, 11) is 0. The van der Waals surface area contributed by atoms with Gasteiger partial charge in [-0.25, -0.2) is 0 Å². The molecule has 1 aliphatic rings. The maximum atomic E-state index is 12.5. The summed E-state index contributed by atoms with van der Waals surface area (Å²) in [6.07, 6.45) is 0. The monoisotopic (exact) mass is 322 g/mol. The highest BCUT2D eigenvalue weighted by Gasteiger charge is 2.15. The molecule has 0 fully saturated rings. The van der Waals surface area contributed by atoms with Gasteiger partial charge in [-0.05, 0) is 49.2 Å². The third-order valence-corrected chi connectivity index (χ3v) is 4.13. The summed E-state index contributed by atoms with van der Waals surface area (Å²) in [6, 6.07) is 11.4. The number of rotatable bonds is 2. The average molecular weight is 322 g/mol. The lowest BCUT2D eigenvalue weighted by atomic mass is 10.1. The molecule has 0 aliphatic carbocycles. The number of carbonyl (C=O) groups excluding carboxylic acids is 1. The molecule has 4 rings (SSSR count). The minimum atomic E-state index is -0.181. The Hall–Kier alpha value is -2.95. The molecule has 0 atom stereocenters. The van der Waals surface area contributed by atoms with Gasteiger partial charge in [0.1, 0.15) is 18.9 Å². The molecule has 3 aromatic rings. The number of fused-ring (bicyclic) bond motifs is 2. The van der Waals surface area contributed by atoms with Gasteiger partial charge in [0.25, 0.3) is 5.91 Å². The number of aryl methyl sites for hydroxylation is 2. The fraction of sp³-hybridized carbons (Fsp3) is 0.211. The number of hydrogen-bond donors (Lipinski definition) is 2. The van der Waals surface area contributed by atoms with Crippen LogP contribution in [-0.2, 0) is 0 Å². The first-order valence-electron chi connectivity index (χ1n) is 7.91. The molecule has 2 aromatic carbocycles. The van der Waals surface area contributed by atoms with Gasteiger partial charge in [0.15, 0.2) is 11.5 Å². The zero-order chi connectivity index (χ0) is 16.7. The second-order valence-corrected chi connectivity index (χ2v) is 6.04. The van der Waals surface area contributed by atoms with Crippen molar-refractivity contribution in [2.45, 2.75) is 13.8 Å². The van der Waals surface area contributed by atoms with Crippen LogP contribution in [0.4, 0.5) is 5.69 Å². The number of nitrogens with one attached hydrogen (secondary N) is 2. The Labute approximate surface area is 139 Å². The second-order valence-electron chi connectivity index (χ2n) is 6.04. The van der Waals surface area contributed by atoms with Crippen LogP contribution in [-0.4, -0.2) is 24.1 Å². The van der Waals surface area contributed by atoms with E-state index in [9.17, 15) is 4.79 Å². The van der Waals surface area contributed by atoms with E-state index in [1.807, 2.05) is 38.1 Å². The van der Waals surface area contributed by atoms with Crippen LogP contribution in [0, 0.1) is 13.8 Å². The first kappa shape index (κ1) is 14.6. The number of hydrogen-bond acceptors (Lipinski definition) is 3. The van der Waals surface area contributed by atoms with Crippen LogP contribution < -0.4 is 14.8 Å². The molecule has 2 N–H and O–H groups in total. The van der Waals surface area contributed by atoms with Gasteiger partial charge in [0.05, 0.1) is 0 Å². The zero-order valence-electron chi connectivity index (χ0n) is 13.6. The van der Waals surface area contributed by atoms with E-state index in [0.717, 1.165) is 16.5 Å². The van der Waals surface area contributed by atoms with Crippen molar-refractivity contribution in [3.8, 4) is 11.5 Å². The normalized spacial score (nSPS) is 13.1. The number of aromatic nitrogens is 1. The number of ether oxygens (including phenoxy) is 2. The van der Waals surface area contributed by atoms with Crippen molar-refractivity contribution in [1.29, 1.82) is 0 Å². The van der Waals surface area contributed by atoms with Crippen LogP contribution in [0.5, 0.6) is 11.5 Å². The molecule has 0 unspecified atom stereocenters. The molecule has 0 bridgehead atoms. The number of aromatic amines is 1. The van der Waals surface area contributed by atoms with E-state index in [1.165, 1.54) is 5.56 Å². The van der Waals surface area contributed by atoms with Crippen molar-refractivity contribution in [1.82, 2.24) is 4.98 Å². The molecule has 0 spiro atoms. The summed E-state index contributed by atoms with van der Waals surface area (Å²) >= 11 is 0. The molecule has 5 nitrogen and oxygen atoms in total. The Morgan fingerprint density at radius 2 is 1.83 bits per heavy atom. The highest BCUT2D eigenvalue weighted by Crippen LogP contribution is 2.32. The maximum absolute atomic E-state index is 12.5. The summed E-state index contributed by atoms with van der Waals surface area (Å²) in [5, 5.41) is 3.96. The highest BCUT2D eigenvalue weighted by atomic mass is 16.6. The summed E-state index contributed by atoms with van der Waals surface area (Å²) < 4.78 is 11.0. The molecule has 2 heterocycles. The summed E-state index contributed by atoms with van der Waals surface area (Å²) in [5.41, 5.74) is 4.50. The fourth-order valence-corrected chi connectivity index (χ4v) is 3.04. The predicted octanol–water partition coefficient (Wildman–Crippen LogP) is 3.81. The van der Waals surface area contributed by atoms with Crippen LogP contribution in [0.1, 0.15) is 21.6 Å². The van der Waals surface area contributed by atoms with Gasteiger partial charge in [0.2, 0.25) is 0 Å². The van der Waals surface area contributed by atoms with Crippen LogP contribution in [0.2, 0.25) is 0 Å². The molecule has 122 valence electrons. The number of H-pyrrole nitrogens is 1. The van der Waals surface area contributed by atoms with Crippen molar-refractivity contribution in [2.75, 3.05) is 18.5 Å². The Kier molecular flexibility index (Phi) is 3.41.